The van der Waals surface area contributed by atoms with Gasteiger partial charge in [-0.25, -0.2) is 0 Å². The number of ether oxygens (including phenoxy) is 1. The first kappa shape index (κ1) is 15.2. The number of methoxy groups -OCH3 is 1. The smallest absolute Gasteiger partial charge is 0.327 e. The molecule has 21 heavy (non-hydrogen) atoms. The van der Waals surface area contributed by atoms with Crippen LogP contribution in [0.5, 0.6) is 0 Å². The zero-order valence-electron chi connectivity index (χ0n) is 12.2. The molecule has 0 unspecified atom stereocenters. The second-order valence-corrected chi connectivity index (χ2v) is 5.66. The lowest BCUT2D eigenvalue weighted by Gasteiger charge is -2.00. The molecule has 0 radical (unpaired) electrons. The first-order chi connectivity index (χ1) is 10.0. The standard InChI is InChI=1S/C14H17N3O3S/c1-4-11-9(2)5-12(21-11)14(19)16-10-6-15-17(7-10)8-13(18)20-3/h5-7H,4,8H2,1-3H3,(H,16,19). The van der Waals surface area contributed by atoms with Crippen LogP contribution in [-0.4, -0.2) is 28.8 Å². The van der Waals surface area contributed by atoms with E-state index >= 15 is 0 Å². The van der Waals surface area contributed by atoms with Crippen molar-refractivity contribution in [3.05, 3.63) is 33.8 Å². The molecule has 2 aromatic heterocycles. The number of carbonyl (C=O) groups is 2. The fourth-order valence-electron chi connectivity index (χ4n) is 1.89. The van der Waals surface area contributed by atoms with Crippen LogP contribution in [0.1, 0.15) is 27.0 Å². The molecule has 0 spiro atoms. The van der Waals surface area contributed by atoms with Crippen molar-refractivity contribution in [1.82, 2.24) is 9.78 Å². The van der Waals surface area contributed by atoms with Crippen LogP contribution in [0.2, 0.25) is 0 Å². The number of amides is 1. The topological polar surface area (TPSA) is 73.2 Å². The van der Waals surface area contributed by atoms with Crippen molar-refractivity contribution >= 4 is 28.9 Å². The normalized spacial score (nSPS) is 10.4. The average molecular weight is 307 g/mol. The summed E-state index contributed by atoms with van der Waals surface area (Å²) in [4.78, 5) is 25.2. The average Bonchev–Trinajstić information content (AvgIpc) is 3.05. The highest BCUT2D eigenvalue weighted by atomic mass is 32.1. The van der Waals surface area contributed by atoms with Gasteiger partial charge in [0, 0.05) is 11.1 Å². The second-order valence-electron chi connectivity index (χ2n) is 4.53. The molecule has 7 heteroatoms. The number of aryl methyl sites for hydroxylation is 2. The molecule has 0 aliphatic heterocycles. The van der Waals surface area contributed by atoms with Crippen molar-refractivity contribution in [3.8, 4) is 0 Å². The van der Waals surface area contributed by atoms with E-state index in [0.717, 1.165) is 12.0 Å². The van der Waals surface area contributed by atoms with E-state index in [2.05, 4.69) is 22.1 Å². The van der Waals surface area contributed by atoms with E-state index < -0.39 is 5.97 Å². The van der Waals surface area contributed by atoms with E-state index in [1.807, 2.05) is 13.0 Å². The van der Waals surface area contributed by atoms with Gasteiger partial charge in [-0.15, -0.1) is 11.3 Å². The molecule has 2 heterocycles. The Bertz CT molecular complexity index is 660. The van der Waals surface area contributed by atoms with Crippen molar-refractivity contribution < 1.29 is 14.3 Å². The van der Waals surface area contributed by atoms with E-state index in [4.69, 9.17) is 0 Å². The van der Waals surface area contributed by atoms with Crippen molar-refractivity contribution in [1.29, 1.82) is 0 Å². The molecule has 112 valence electrons. The fraction of sp³-hybridized carbons (Fsp3) is 0.357. The minimum Gasteiger partial charge on any atom is -0.468 e. The Labute approximate surface area is 126 Å². The number of nitrogens with zero attached hydrogens (tertiary/aromatic N) is 2. The summed E-state index contributed by atoms with van der Waals surface area (Å²) in [5.74, 6) is -0.558. The highest BCUT2D eigenvalue weighted by Gasteiger charge is 2.13. The summed E-state index contributed by atoms with van der Waals surface area (Å²) in [5.41, 5.74) is 1.68. The molecular formula is C14H17N3O3S. The van der Waals surface area contributed by atoms with Crippen LogP contribution in [0.15, 0.2) is 18.5 Å². The lowest BCUT2D eigenvalue weighted by atomic mass is 10.2. The van der Waals surface area contributed by atoms with Crippen LogP contribution in [-0.2, 0) is 22.5 Å². The number of anilines is 1. The Morgan fingerprint density at radius 1 is 1.48 bits per heavy atom. The molecule has 1 N–H and O–H groups in total. The van der Waals surface area contributed by atoms with Gasteiger partial charge in [-0.2, -0.15) is 5.10 Å². The summed E-state index contributed by atoms with van der Waals surface area (Å²) in [5, 5.41) is 6.76. The summed E-state index contributed by atoms with van der Waals surface area (Å²) in [7, 11) is 1.32. The number of nitrogens with one attached hydrogen (secondary N) is 1. The second kappa shape index (κ2) is 6.53. The Balaban J connectivity index is 2.03. The molecule has 0 bridgehead atoms. The zero-order chi connectivity index (χ0) is 15.4. The van der Waals surface area contributed by atoms with Crippen molar-refractivity contribution in [2.45, 2.75) is 26.8 Å². The van der Waals surface area contributed by atoms with Gasteiger partial charge < -0.3 is 10.1 Å². The summed E-state index contributed by atoms with van der Waals surface area (Å²) >= 11 is 1.49. The first-order valence-corrected chi connectivity index (χ1v) is 7.35. The molecule has 0 saturated heterocycles. The number of carbonyl (C=O) groups excluding carboxylic acids is 2. The lowest BCUT2D eigenvalue weighted by molar-refractivity contribution is -0.141. The Hall–Kier alpha value is -2.15. The molecule has 2 aromatic rings. The summed E-state index contributed by atoms with van der Waals surface area (Å²) in [6, 6.07) is 1.89. The predicted octanol–water partition coefficient (Wildman–Crippen LogP) is 2.24. The Morgan fingerprint density at radius 2 is 2.24 bits per heavy atom. The predicted molar refractivity (Wildman–Crippen MR) is 80.6 cm³/mol. The highest BCUT2D eigenvalue weighted by Crippen LogP contribution is 2.23. The summed E-state index contributed by atoms with van der Waals surface area (Å²) < 4.78 is 5.97. The summed E-state index contributed by atoms with van der Waals surface area (Å²) in [6.07, 6.45) is 4.01. The van der Waals surface area contributed by atoms with E-state index in [0.29, 0.717) is 10.6 Å². The van der Waals surface area contributed by atoms with E-state index in [9.17, 15) is 9.59 Å². The van der Waals surface area contributed by atoms with Crippen LogP contribution >= 0.6 is 11.3 Å². The lowest BCUT2D eigenvalue weighted by Crippen LogP contribution is -2.12. The molecule has 6 nitrogen and oxygen atoms in total. The third kappa shape index (κ3) is 3.69. The molecule has 0 aliphatic carbocycles. The van der Waals surface area contributed by atoms with Gasteiger partial charge >= 0.3 is 5.97 Å². The van der Waals surface area contributed by atoms with Crippen LogP contribution in [0.3, 0.4) is 0 Å². The van der Waals surface area contributed by atoms with Crippen LogP contribution in [0.25, 0.3) is 0 Å². The van der Waals surface area contributed by atoms with Crippen molar-refractivity contribution in [2.24, 2.45) is 0 Å². The van der Waals surface area contributed by atoms with Gasteiger partial charge in [-0.1, -0.05) is 6.92 Å². The molecular weight excluding hydrogens is 290 g/mol. The van der Waals surface area contributed by atoms with Crippen LogP contribution < -0.4 is 5.32 Å². The third-order valence-corrected chi connectivity index (χ3v) is 4.36. The molecule has 1 amide bonds. The maximum atomic E-state index is 12.2. The highest BCUT2D eigenvalue weighted by molar-refractivity contribution is 7.14. The molecule has 0 aliphatic rings. The molecule has 2 rings (SSSR count). The van der Waals surface area contributed by atoms with Gasteiger partial charge in [-0.05, 0) is 25.0 Å². The van der Waals surface area contributed by atoms with Gasteiger partial charge in [0.2, 0.25) is 0 Å². The number of hydrogen-bond acceptors (Lipinski definition) is 5. The number of esters is 1. The zero-order valence-corrected chi connectivity index (χ0v) is 13.0. The largest absolute Gasteiger partial charge is 0.468 e. The van der Waals surface area contributed by atoms with E-state index in [-0.39, 0.29) is 12.5 Å². The molecule has 0 fully saturated rings. The third-order valence-electron chi connectivity index (χ3n) is 2.98. The van der Waals surface area contributed by atoms with Crippen LogP contribution in [0.4, 0.5) is 5.69 Å². The fourth-order valence-corrected chi connectivity index (χ4v) is 2.90. The molecule has 0 saturated carbocycles. The van der Waals surface area contributed by atoms with Gasteiger partial charge in [0.05, 0.1) is 23.9 Å². The number of aromatic nitrogens is 2. The maximum Gasteiger partial charge on any atom is 0.327 e. The van der Waals surface area contributed by atoms with Gasteiger partial charge in [0.1, 0.15) is 6.54 Å². The first-order valence-electron chi connectivity index (χ1n) is 6.53. The van der Waals surface area contributed by atoms with Gasteiger partial charge in [-0.3, -0.25) is 14.3 Å². The number of hydrogen-bond donors (Lipinski definition) is 1. The minimum absolute atomic E-state index is 0.0183. The Morgan fingerprint density at radius 3 is 2.86 bits per heavy atom. The quantitative estimate of drug-likeness (QED) is 0.860. The molecule has 0 aromatic carbocycles. The van der Waals surface area contributed by atoms with E-state index in [1.165, 1.54) is 34.2 Å². The van der Waals surface area contributed by atoms with Crippen molar-refractivity contribution in [3.63, 3.8) is 0 Å². The molecule has 0 atom stereocenters. The number of rotatable bonds is 5. The summed E-state index contributed by atoms with van der Waals surface area (Å²) in [6.45, 7) is 4.09. The van der Waals surface area contributed by atoms with Gasteiger partial charge in [0.15, 0.2) is 0 Å². The number of thiophene rings is 1. The van der Waals surface area contributed by atoms with Crippen molar-refractivity contribution in [2.75, 3.05) is 12.4 Å². The minimum atomic E-state index is -0.391. The SMILES string of the molecule is CCc1sc(C(=O)Nc2cnn(CC(=O)OC)c2)cc1C. The van der Waals surface area contributed by atoms with Gasteiger partial charge in [0.25, 0.3) is 5.91 Å². The monoisotopic (exact) mass is 307 g/mol. The Kier molecular flexibility index (Phi) is 4.74. The van der Waals surface area contributed by atoms with E-state index in [1.54, 1.807) is 6.20 Å². The maximum absolute atomic E-state index is 12.2. The van der Waals surface area contributed by atoms with Crippen LogP contribution in [0, 0.1) is 6.92 Å².